The van der Waals surface area contributed by atoms with Crippen molar-refractivity contribution in [1.82, 2.24) is 0 Å². The predicted molar refractivity (Wildman–Crippen MR) is 103 cm³/mol. The van der Waals surface area contributed by atoms with Crippen LogP contribution in [0.4, 0.5) is 0 Å². The Morgan fingerprint density at radius 2 is 1.14 bits per heavy atom. The van der Waals surface area contributed by atoms with Crippen molar-refractivity contribution in [3.8, 4) is 0 Å². The van der Waals surface area contributed by atoms with E-state index >= 15 is 0 Å². The Morgan fingerprint density at radius 3 is 1.43 bits per heavy atom. The highest BCUT2D eigenvalue weighted by Gasteiger charge is 2.59. The molecular weight excluding hydrogens is 356 g/mol. The Labute approximate surface area is 167 Å². The van der Waals surface area contributed by atoms with E-state index in [1.807, 2.05) is 13.8 Å². The summed E-state index contributed by atoms with van der Waals surface area (Å²) < 4.78 is 10.4. The molecule has 0 amide bonds. The van der Waals surface area contributed by atoms with Gasteiger partial charge in [0.1, 0.15) is 5.78 Å². The van der Waals surface area contributed by atoms with Crippen LogP contribution in [0, 0.1) is 47.3 Å². The van der Waals surface area contributed by atoms with Crippen molar-refractivity contribution in [2.24, 2.45) is 47.3 Å². The molecule has 0 aliphatic heterocycles. The van der Waals surface area contributed by atoms with Crippen molar-refractivity contribution >= 4 is 17.7 Å². The van der Waals surface area contributed by atoms with Gasteiger partial charge in [-0.15, -0.1) is 0 Å². The molecule has 5 heteroatoms. The third-order valence-corrected chi connectivity index (χ3v) is 7.75. The molecule has 6 unspecified atom stereocenters. The fraction of sp³-hybridized carbons (Fsp3) is 0.870. The van der Waals surface area contributed by atoms with Crippen molar-refractivity contribution in [3.63, 3.8) is 0 Å². The average Bonchev–Trinajstić information content (AvgIpc) is 3.47. The summed E-state index contributed by atoms with van der Waals surface area (Å²) in [5, 5.41) is 0. The van der Waals surface area contributed by atoms with E-state index in [1.165, 1.54) is 12.8 Å². The van der Waals surface area contributed by atoms with Crippen molar-refractivity contribution < 1.29 is 23.9 Å². The lowest BCUT2D eigenvalue weighted by Gasteiger charge is -2.40. The Hall–Kier alpha value is -1.39. The monoisotopic (exact) mass is 390 g/mol. The molecule has 28 heavy (non-hydrogen) atoms. The van der Waals surface area contributed by atoms with Gasteiger partial charge in [-0.3, -0.25) is 14.4 Å². The molecule has 0 aromatic rings. The highest BCUT2D eigenvalue weighted by molar-refractivity contribution is 5.88. The van der Waals surface area contributed by atoms with E-state index in [4.69, 9.17) is 9.47 Å². The summed E-state index contributed by atoms with van der Waals surface area (Å²) in [5.41, 5.74) is 0. The van der Waals surface area contributed by atoms with E-state index in [9.17, 15) is 14.4 Å². The second kappa shape index (κ2) is 8.16. The van der Waals surface area contributed by atoms with Gasteiger partial charge in [0.2, 0.25) is 0 Å². The zero-order valence-corrected chi connectivity index (χ0v) is 17.2. The maximum atomic E-state index is 13.8. The fourth-order valence-electron chi connectivity index (χ4n) is 5.67. The van der Waals surface area contributed by atoms with Gasteiger partial charge in [-0.2, -0.15) is 0 Å². The van der Waals surface area contributed by atoms with Gasteiger partial charge in [-0.25, -0.2) is 0 Å². The molecule has 0 saturated heterocycles. The van der Waals surface area contributed by atoms with Crippen molar-refractivity contribution in [3.05, 3.63) is 0 Å². The molecule has 5 nitrogen and oxygen atoms in total. The fourth-order valence-corrected chi connectivity index (χ4v) is 5.67. The first-order chi connectivity index (χ1) is 13.6. The van der Waals surface area contributed by atoms with Crippen LogP contribution in [0.5, 0.6) is 0 Å². The molecule has 0 bridgehead atoms. The maximum Gasteiger partial charge on any atom is 0.309 e. The third kappa shape index (κ3) is 3.73. The summed E-state index contributed by atoms with van der Waals surface area (Å²) >= 11 is 0. The number of rotatable bonds is 10. The van der Waals surface area contributed by atoms with Crippen LogP contribution in [-0.4, -0.2) is 30.9 Å². The quantitative estimate of drug-likeness (QED) is 0.531. The van der Waals surface area contributed by atoms with Crippen molar-refractivity contribution in [1.29, 1.82) is 0 Å². The topological polar surface area (TPSA) is 69.7 Å². The minimum atomic E-state index is -0.124. The molecule has 4 aliphatic rings. The number of hydrogen-bond acceptors (Lipinski definition) is 5. The molecule has 4 aliphatic carbocycles. The molecule has 4 saturated carbocycles. The average molecular weight is 391 g/mol. The lowest BCUT2D eigenvalue weighted by Crippen LogP contribution is -2.41. The molecule has 0 spiro atoms. The normalized spacial score (nSPS) is 33.8. The summed E-state index contributed by atoms with van der Waals surface area (Å²) in [4.78, 5) is 38.2. The maximum absolute atomic E-state index is 13.8. The number of esters is 2. The standard InChI is InChI=1S/C23H34O5/c1-3-27-22(25)17-11-15(17)19(13-7-5-8-13)21(24)20(14-9-6-10-14)16-12-18(16)23(26)28-4-2/h13-20H,3-12H2,1-2H3. The summed E-state index contributed by atoms with van der Waals surface area (Å²) in [5.74, 6) is 1.13. The van der Waals surface area contributed by atoms with Gasteiger partial charge >= 0.3 is 11.9 Å². The highest BCUT2D eigenvalue weighted by atomic mass is 16.5. The molecule has 0 aromatic heterocycles. The van der Waals surface area contributed by atoms with Crippen molar-refractivity contribution in [2.75, 3.05) is 13.2 Å². The lowest BCUT2D eigenvalue weighted by atomic mass is 9.63. The molecule has 0 N–H and O–H groups in total. The number of ketones is 1. The SMILES string of the molecule is CCOC(=O)C1CC1C(C(=O)C(C1CCC1)C1CC1C(=O)OCC)C1CCC1. The van der Waals surface area contributed by atoms with Crippen LogP contribution in [0.3, 0.4) is 0 Å². The van der Waals surface area contributed by atoms with Crippen LogP contribution in [-0.2, 0) is 23.9 Å². The third-order valence-electron chi connectivity index (χ3n) is 7.75. The summed E-state index contributed by atoms with van der Waals surface area (Å²) in [6.07, 6.45) is 8.39. The van der Waals surface area contributed by atoms with E-state index in [2.05, 4.69) is 0 Å². The number of Topliss-reactive ketones (excluding diaryl/α,β-unsaturated/α-hetero) is 1. The molecular formula is C23H34O5. The first-order valence-corrected chi connectivity index (χ1v) is 11.4. The van der Waals surface area contributed by atoms with Crippen LogP contribution in [0.2, 0.25) is 0 Å². The summed E-state index contributed by atoms with van der Waals surface area (Å²) in [6, 6.07) is 0. The van der Waals surface area contributed by atoms with Gasteiger partial charge in [0, 0.05) is 11.8 Å². The van der Waals surface area contributed by atoms with Crippen molar-refractivity contribution in [2.45, 2.75) is 65.2 Å². The second-order valence-electron chi connectivity index (χ2n) is 9.35. The highest BCUT2D eigenvalue weighted by Crippen LogP contribution is 2.58. The molecule has 0 heterocycles. The van der Waals surface area contributed by atoms with Crippen LogP contribution in [0.15, 0.2) is 0 Å². The molecule has 156 valence electrons. The first kappa shape index (κ1) is 19.9. The molecule has 6 atom stereocenters. The largest absolute Gasteiger partial charge is 0.466 e. The van der Waals surface area contributed by atoms with Crippen LogP contribution >= 0.6 is 0 Å². The molecule has 4 fully saturated rings. The number of carbonyl (C=O) groups excluding carboxylic acids is 3. The van der Waals surface area contributed by atoms with Gasteiger partial charge in [-0.05, 0) is 76.0 Å². The second-order valence-corrected chi connectivity index (χ2v) is 9.35. The lowest BCUT2D eigenvalue weighted by molar-refractivity contribution is -0.146. The van der Waals surface area contributed by atoms with Gasteiger partial charge in [0.15, 0.2) is 0 Å². The molecule has 0 aromatic carbocycles. The molecule has 4 rings (SSSR count). The van der Waals surface area contributed by atoms with Crippen LogP contribution in [0.25, 0.3) is 0 Å². The van der Waals surface area contributed by atoms with Gasteiger partial charge < -0.3 is 9.47 Å². The Balaban J connectivity index is 1.48. The minimum absolute atomic E-state index is 0.00259. The van der Waals surface area contributed by atoms with E-state index < -0.39 is 0 Å². The van der Waals surface area contributed by atoms with E-state index in [-0.39, 0.29) is 47.4 Å². The van der Waals surface area contributed by atoms with Gasteiger partial charge in [0.25, 0.3) is 0 Å². The number of ether oxygens (including phenoxy) is 2. The Kier molecular flexibility index (Phi) is 5.80. The first-order valence-electron chi connectivity index (χ1n) is 11.4. The zero-order valence-electron chi connectivity index (χ0n) is 17.2. The number of hydrogen-bond donors (Lipinski definition) is 0. The predicted octanol–water partition coefficient (Wildman–Crippen LogP) is 3.79. The summed E-state index contributed by atoms with van der Waals surface area (Å²) in [7, 11) is 0. The zero-order chi connectivity index (χ0) is 19.8. The minimum Gasteiger partial charge on any atom is -0.466 e. The number of carbonyl (C=O) groups is 3. The van der Waals surface area contributed by atoms with E-state index in [0.29, 0.717) is 30.8 Å². The van der Waals surface area contributed by atoms with Crippen LogP contribution < -0.4 is 0 Å². The van der Waals surface area contributed by atoms with Crippen LogP contribution in [0.1, 0.15) is 65.2 Å². The molecule has 0 radical (unpaired) electrons. The van der Waals surface area contributed by atoms with Gasteiger partial charge in [-0.1, -0.05) is 12.8 Å². The smallest absolute Gasteiger partial charge is 0.309 e. The van der Waals surface area contributed by atoms with E-state index in [0.717, 1.165) is 38.5 Å². The summed E-state index contributed by atoms with van der Waals surface area (Å²) in [6.45, 7) is 4.47. The Bertz CT molecular complexity index is 568. The van der Waals surface area contributed by atoms with Gasteiger partial charge in [0.05, 0.1) is 25.0 Å². The Morgan fingerprint density at radius 1 is 0.750 bits per heavy atom. The van der Waals surface area contributed by atoms with E-state index in [1.54, 1.807) is 0 Å².